The molecular formula is C15H22N2O2S. The molecular weight excluding hydrogens is 272 g/mol. The van der Waals surface area contributed by atoms with Crippen LogP contribution in [-0.2, 0) is 0 Å². The number of amidine groups is 1. The van der Waals surface area contributed by atoms with E-state index in [0.29, 0.717) is 0 Å². The molecule has 0 amide bonds. The Bertz CT molecular complexity index is 499. The average molecular weight is 294 g/mol. The lowest BCUT2D eigenvalue weighted by atomic mass is 9.97. The maximum atomic E-state index is 5.40. The first kappa shape index (κ1) is 15.0. The van der Waals surface area contributed by atoms with Crippen molar-refractivity contribution in [2.24, 2.45) is 4.99 Å². The number of anilines is 1. The van der Waals surface area contributed by atoms with E-state index in [-0.39, 0.29) is 5.54 Å². The van der Waals surface area contributed by atoms with Gasteiger partial charge in [-0.1, -0.05) is 25.6 Å². The number of ether oxygens (including phenoxy) is 2. The number of methoxy groups -OCH3 is 2. The first-order chi connectivity index (χ1) is 9.66. The average Bonchev–Trinajstić information content (AvgIpc) is 2.91. The van der Waals surface area contributed by atoms with Crippen molar-refractivity contribution in [3.05, 3.63) is 18.2 Å². The van der Waals surface area contributed by atoms with Crippen molar-refractivity contribution in [3.63, 3.8) is 0 Å². The Kier molecular flexibility index (Phi) is 4.81. The van der Waals surface area contributed by atoms with E-state index in [1.54, 1.807) is 26.0 Å². The van der Waals surface area contributed by atoms with Gasteiger partial charge >= 0.3 is 0 Å². The summed E-state index contributed by atoms with van der Waals surface area (Å²) in [4.78, 5) is 4.85. The number of nitrogens with zero attached hydrogens (tertiary/aromatic N) is 1. The number of thioether (sulfide) groups is 1. The van der Waals surface area contributed by atoms with Gasteiger partial charge in [-0.05, 0) is 25.0 Å². The summed E-state index contributed by atoms with van der Waals surface area (Å²) in [5.74, 6) is 2.59. The fourth-order valence-electron chi connectivity index (χ4n) is 2.18. The van der Waals surface area contributed by atoms with Crippen molar-refractivity contribution in [1.29, 1.82) is 0 Å². The molecule has 0 aromatic heterocycles. The fourth-order valence-corrected chi connectivity index (χ4v) is 3.49. The molecule has 0 saturated heterocycles. The zero-order valence-corrected chi connectivity index (χ0v) is 13.3. The van der Waals surface area contributed by atoms with Crippen molar-refractivity contribution in [2.45, 2.75) is 32.2 Å². The number of aliphatic imine (C=N–C) groups is 1. The lowest BCUT2D eigenvalue weighted by Gasteiger charge is -2.20. The van der Waals surface area contributed by atoms with E-state index in [2.05, 4.69) is 19.2 Å². The highest BCUT2D eigenvalue weighted by Crippen LogP contribution is 2.36. The van der Waals surface area contributed by atoms with Gasteiger partial charge in [0, 0.05) is 11.8 Å². The van der Waals surface area contributed by atoms with E-state index in [1.807, 2.05) is 18.2 Å². The third kappa shape index (κ3) is 3.03. The molecule has 1 aromatic rings. The zero-order valence-electron chi connectivity index (χ0n) is 12.5. The Balaban J connectivity index is 2.19. The Labute approximate surface area is 125 Å². The van der Waals surface area contributed by atoms with Crippen LogP contribution in [0.4, 0.5) is 5.69 Å². The van der Waals surface area contributed by atoms with Gasteiger partial charge < -0.3 is 14.8 Å². The van der Waals surface area contributed by atoms with Crippen molar-refractivity contribution >= 4 is 22.6 Å². The lowest BCUT2D eigenvalue weighted by Crippen LogP contribution is -2.24. The molecule has 0 bridgehead atoms. The molecule has 1 heterocycles. The first-order valence-electron chi connectivity index (χ1n) is 6.88. The molecule has 5 heteroatoms. The van der Waals surface area contributed by atoms with Gasteiger partial charge in [-0.3, -0.25) is 4.99 Å². The molecule has 0 unspecified atom stereocenters. The Morgan fingerprint density at radius 1 is 1.25 bits per heavy atom. The normalized spacial score (nSPS) is 16.7. The highest BCUT2D eigenvalue weighted by molar-refractivity contribution is 8.14. The van der Waals surface area contributed by atoms with Crippen molar-refractivity contribution in [3.8, 4) is 11.5 Å². The molecule has 4 nitrogen and oxygen atoms in total. The Hall–Kier alpha value is -1.36. The van der Waals surface area contributed by atoms with Gasteiger partial charge in [-0.25, -0.2) is 0 Å². The zero-order chi connectivity index (χ0) is 14.6. The summed E-state index contributed by atoms with van der Waals surface area (Å²) in [6.07, 6.45) is 2.14. The van der Waals surface area contributed by atoms with Crippen LogP contribution in [0.25, 0.3) is 0 Å². The fraction of sp³-hybridized carbons (Fsp3) is 0.533. The van der Waals surface area contributed by atoms with E-state index in [0.717, 1.165) is 40.9 Å². The standard InChI is InChI=1S/C15H22N2O2S/c1-5-15(6-2)10-20-14(17-15)16-12-8-7-11(18-3)9-13(12)19-4/h7-9H,5-6,10H2,1-4H3,(H,16,17). The number of hydrogen-bond acceptors (Lipinski definition) is 5. The second-order valence-electron chi connectivity index (χ2n) is 4.83. The van der Waals surface area contributed by atoms with Crippen LogP contribution < -0.4 is 14.8 Å². The summed E-state index contributed by atoms with van der Waals surface area (Å²) in [5, 5.41) is 4.34. The third-order valence-electron chi connectivity index (χ3n) is 3.78. The predicted molar refractivity (Wildman–Crippen MR) is 86.4 cm³/mol. The number of rotatable bonds is 5. The molecule has 0 spiro atoms. The van der Waals surface area contributed by atoms with Crippen LogP contribution in [0.5, 0.6) is 11.5 Å². The monoisotopic (exact) mass is 294 g/mol. The van der Waals surface area contributed by atoms with Crippen LogP contribution >= 0.6 is 11.8 Å². The topological polar surface area (TPSA) is 42.8 Å². The molecule has 110 valence electrons. The molecule has 0 fully saturated rings. The minimum Gasteiger partial charge on any atom is -0.497 e. The minimum atomic E-state index is 0.0900. The Morgan fingerprint density at radius 2 is 2.00 bits per heavy atom. The van der Waals surface area contributed by atoms with Gasteiger partial charge in [0.1, 0.15) is 11.5 Å². The predicted octanol–water partition coefficient (Wildman–Crippen LogP) is 3.78. The second-order valence-corrected chi connectivity index (χ2v) is 5.79. The summed E-state index contributed by atoms with van der Waals surface area (Å²) < 4.78 is 10.6. The van der Waals surface area contributed by atoms with Gasteiger partial charge in [0.25, 0.3) is 0 Å². The largest absolute Gasteiger partial charge is 0.497 e. The van der Waals surface area contributed by atoms with Crippen LogP contribution in [0.1, 0.15) is 26.7 Å². The minimum absolute atomic E-state index is 0.0900. The lowest BCUT2D eigenvalue weighted by molar-refractivity contribution is 0.395. The molecule has 1 aliphatic rings. The second kappa shape index (κ2) is 6.39. The van der Waals surface area contributed by atoms with Crippen LogP contribution in [0.15, 0.2) is 23.2 Å². The Morgan fingerprint density at radius 3 is 2.55 bits per heavy atom. The van der Waals surface area contributed by atoms with Crippen LogP contribution in [-0.4, -0.2) is 30.7 Å². The van der Waals surface area contributed by atoms with Crippen molar-refractivity contribution in [1.82, 2.24) is 0 Å². The van der Waals surface area contributed by atoms with Gasteiger partial charge in [0.2, 0.25) is 0 Å². The van der Waals surface area contributed by atoms with Crippen LogP contribution in [0.3, 0.4) is 0 Å². The van der Waals surface area contributed by atoms with E-state index in [1.165, 1.54) is 0 Å². The molecule has 1 N–H and O–H groups in total. The molecule has 0 saturated carbocycles. The van der Waals surface area contributed by atoms with E-state index in [9.17, 15) is 0 Å². The molecule has 1 aliphatic heterocycles. The summed E-state index contributed by atoms with van der Waals surface area (Å²) >= 11 is 1.77. The maximum Gasteiger partial charge on any atom is 0.161 e. The molecule has 1 aromatic carbocycles. The highest BCUT2D eigenvalue weighted by atomic mass is 32.2. The van der Waals surface area contributed by atoms with Gasteiger partial charge in [0.05, 0.1) is 25.4 Å². The van der Waals surface area contributed by atoms with E-state index in [4.69, 9.17) is 14.5 Å². The first-order valence-corrected chi connectivity index (χ1v) is 7.86. The SMILES string of the molecule is CCC1(CC)CSC(Nc2ccc(OC)cc2OC)=N1. The third-order valence-corrected chi connectivity index (χ3v) is 4.93. The highest BCUT2D eigenvalue weighted by Gasteiger charge is 2.32. The van der Waals surface area contributed by atoms with Gasteiger partial charge in [-0.2, -0.15) is 0 Å². The number of nitrogens with one attached hydrogen (secondary N) is 1. The van der Waals surface area contributed by atoms with Crippen molar-refractivity contribution in [2.75, 3.05) is 25.3 Å². The summed E-state index contributed by atoms with van der Waals surface area (Å²) in [6.45, 7) is 4.40. The van der Waals surface area contributed by atoms with E-state index >= 15 is 0 Å². The quantitative estimate of drug-likeness (QED) is 0.897. The number of hydrogen-bond donors (Lipinski definition) is 1. The summed E-state index contributed by atoms with van der Waals surface area (Å²) in [5.41, 5.74) is 1.01. The van der Waals surface area contributed by atoms with Crippen molar-refractivity contribution < 1.29 is 9.47 Å². The molecule has 0 aliphatic carbocycles. The van der Waals surface area contributed by atoms with Crippen LogP contribution in [0.2, 0.25) is 0 Å². The molecule has 0 radical (unpaired) electrons. The van der Waals surface area contributed by atoms with Crippen LogP contribution in [0, 0.1) is 0 Å². The molecule has 2 rings (SSSR count). The molecule has 0 atom stereocenters. The smallest absolute Gasteiger partial charge is 0.161 e. The number of benzene rings is 1. The summed E-state index contributed by atoms with van der Waals surface area (Å²) in [7, 11) is 3.31. The maximum absolute atomic E-state index is 5.40. The summed E-state index contributed by atoms with van der Waals surface area (Å²) in [6, 6.07) is 5.74. The van der Waals surface area contributed by atoms with E-state index < -0.39 is 0 Å². The van der Waals surface area contributed by atoms with Gasteiger partial charge in [0.15, 0.2) is 5.17 Å². The molecule has 20 heavy (non-hydrogen) atoms. The van der Waals surface area contributed by atoms with Gasteiger partial charge in [-0.15, -0.1) is 0 Å².